The van der Waals surface area contributed by atoms with Crippen molar-refractivity contribution in [1.82, 2.24) is 5.32 Å². The highest BCUT2D eigenvalue weighted by Gasteiger charge is 2.03. The Hall–Kier alpha value is -2.68. The van der Waals surface area contributed by atoms with Gasteiger partial charge in [0.2, 0.25) is 0 Å². The minimum Gasteiger partial charge on any atom is -0.383 e. The standard InChI is InChI=1S/C18H17NO2/c1-14-7-9-16(10-8-14)17(20)11-12-19-13-18(21)15-5-3-2-4-6-15/h2-12,19H,13H2,1H3/b12-11-. The molecule has 0 aliphatic heterocycles. The number of hydrogen-bond donors (Lipinski definition) is 1. The Morgan fingerprint density at radius 3 is 2.29 bits per heavy atom. The van der Waals surface area contributed by atoms with E-state index in [0.29, 0.717) is 11.1 Å². The Morgan fingerprint density at radius 1 is 0.952 bits per heavy atom. The van der Waals surface area contributed by atoms with Crippen LogP contribution < -0.4 is 5.32 Å². The number of carbonyl (C=O) groups excluding carboxylic acids is 2. The van der Waals surface area contributed by atoms with Crippen molar-refractivity contribution >= 4 is 11.6 Å². The van der Waals surface area contributed by atoms with Crippen LogP contribution in [0.3, 0.4) is 0 Å². The molecule has 3 heteroatoms. The SMILES string of the molecule is Cc1ccc(C(=O)/C=C\NCC(=O)c2ccccc2)cc1. The molecule has 0 atom stereocenters. The van der Waals surface area contributed by atoms with Gasteiger partial charge in [0.05, 0.1) is 6.54 Å². The van der Waals surface area contributed by atoms with Crippen molar-refractivity contribution in [3.63, 3.8) is 0 Å². The van der Waals surface area contributed by atoms with Crippen molar-refractivity contribution in [2.45, 2.75) is 6.92 Å². The lowest BCUT2D eigenvalue weighted by Gasteiger charge is -2.01. The van der Waals surface area contributed by atoms with Crippen LogP contribution >= 0.6 is 0 Å². The van der Waals surface area contributed by atoms with Crippen molar-refractivity contribution in [1.29, 1.82) is 0 Å². The Labute approximate surface area is 124 Å². The van der Waals surface area contributed by atoms with Crippen LogP contribution in [0.4, 0.5) is 0 Å². The normalized spacial score (nSPS) is 10.5. The first-order valence-electron chi connectivity index (χ1n) is 6.76. The minimum atomic E-state index is -0.0883. The second kappa shape index (κ2) is 7.20. The summed E-state index contributed by atoms with van der Waals surface area (Å²) < 4.78 is 0. The maximum atomic E-state index is 11.9. The average molecular weight is 279 g/mol. The highest BCUT2D eigenvalue weighted by molar-refractivity contribution is 6.04. The molecular formula is C18H17NO2. The molecule has 1 N–H and O–H groups in total. The number of ketones is 2. The number of aryl methyl sites for hydroxylation is 1. The van der Waals surface area contributed by atoms with Crippen LogP contribution in [0.2, 0.25) is 0 Å². The molecule has 0 aromatic heterocycles. The number of hydrogen-bond acceptors (Lipinski definition) is 3. The average Bonchev–Trinajstić information content (AvgIpc) is 2.52. The quantitative estimate of drug-likeness (QED) is 0.652. The summed E-state index contributed by atoms with van der Waals surface area (Å²) in [5, 5.41) is 2.84. The summed E-state index contributed by atoms with van der Waals surface area (Å²) >= 11 is 0. The van der Waals surface area contributed by atoms with Crippen molar-refractivity contribution in [3.8, 4) is 0 Å². The maximum Gasteiger partial charge on any atom is 0.187 e. The second-order valence-corrected chi connectivity index (χ2v) is 4.73. The molecule has 21 heavy (non-hydrogen) atoms. The van der Waals surface area contributed by atoms with Gasteiger partial charge in [-0.25, -0.2) is 0 Å². The summed E-state index contributed by atoms with van der Waals surface area (Å²) in [7, 11) is 0. The second-order valence-electron chi connectivity index (χ2n) is 4.73. The number of Topliss-reactive ketones (excluding diaryl/α,β-unsaturated/α-hetero) is 1. The Morgan fingerprint density at radius 2 is 1.62 bits per heavy atom. The van der Waals surface area contributed by atoms with E-state index in [-0.39, 0.29) is 18.1 Å². The third-order valence-electron chi connectivity index (χ3n) is 3.05. The van der Waals surface area contributed by atoms with Gasteiger partial charge in [-0.2, -0.15) is 0 Å². The van der Waals surface area contributed by atoms with Gasteiger partial charge >= 0.3 is 0 Å². The van der Waals surface area contributed by atoms with Crippen LogP contribution in [0.5, 0.6) is 0 Å². The van der Waals surface area contributed by atoms with Crippen LogP contribution in [0.25, 0.3) is 0 Å². The molecule has 0 saturated carbocycles. The van der Waals surface area contributed by atoms with Crippen molar-refractivity contribution in [3.05, 3.63) is 83.6 Å². The van der Waals surface area contributed by atoms with Crippen molar-refractivity contribution in [2.24, 2.45) is 0 Å². The predicted molar refractivity (Wildman–Crippen MR) is 83.4 cm³/mol. The molecule has 0 spiro atoms. The maximum absolute atomic E-state index is 11.9. The number of carbonyl (C=O) groups is 2. The fraction of sp³-hybridized carbons (Fsp3) is 0.111. The molecule has 0 fully saturated rings. The fourth-order valence-corrected chi connectivity index (χ4v) is 1.83. The van der Waals surface area contributed by atoms with Crippen LogP contribution in [0, 0.1) is 6.92 Å². The van der Waals surface area contributed by atoms with Gasteiger partial charge in [-0.3, -0.25) is 9.59 Å². The van der Waals surface area contributed by atoms with Gasteiger partial charge < -0.3 is 5.32 Å². The van der Waals surface area contributed by atoms with Gasteiger partial charge in [0.25, 0.3) is 0 Å². The molecule has 3 nitrogen and oxygen atoms in total. The highest BCUT2D eigenvalue weighted by atomic mass is 16.1. The molecule has 2 rings (SSSR count). The topological polar surface area (TPSA) is 46.2 Å². The zero-order valence-corrected chi connectivity index (χ0v) is 11.9. The van der Waals surface area contributed by atoms with E-state index in [4.69, 9.17) is 0 Å². The van der Waals surface area contributed by atoms with E-state index in [1.807, 2.05) is 37.3 Å². The number of allylic oxidation sites excluding steroid dienone is 1. The van der Waals surface area contributed by atoms with Gasteiger partial charge in [-0.05, 0) is 6.92 Å². The Bertz CT molecular complexity index is 643. The van der Waals surface area contributed by atoms with E-state index in [9.17, 15) is 9.59 Å². The third kappa shape index (κ3) is 4.42. The summed E-state index contributed by atoms with van der Waals surface area (Å²) in [4.78, 5) is 23.7. The molecule has 0 unspecified atom stereocenters. The van der Waals surface area contributed by atoms with E-state index >= 15 is 0 Å². The molecule has 0 saturated heterocycles. The fourth-order valence-electron chi connectivity index (χ4n) is 1.83. The molecule has 0 aliphatic carbocycles. The van der Waals surface area contributed by atoms with E-state index in [0.717, 1.165) is 5.56 Å². The zero-order valence-electron chi connectivity index (χ0n) is 11.9. The zero-order chi connectivity index (χ0) is 15.1. The van der Waals surface area contributed by atoms with E-state index in [2.05, 4.69) is 5.32 Å². The molecule has 0 bridgehead atoms. The van der Waals surface area contributed by atoms with Crippen LogP contribution in [0.15, 0.2) is 66.9 Å². The van der Waals surface area contributed by atoms with E-state index in [1.54, 1.807) is 24.3 Å². The molecule has 0 heterocycles. The number of nitrogens with one attached hydrogen (secondary N) is 1. The minimum absolute atomic E-state index is 0.0111. The predicted octanol–water partition coefficient (Wildman–Crippen LogP) is 3.16. The van der Waals surface area contributed by atoms with Crippen LogP contribution in [0.1, 0.15) is 26.3 Å². The molecule has 0 radical (unpaired) electrons. The first-order chi connectivity index (χ1) is 10.2. The largest absolute Gasteiger partial charge is 0.383 e. The lowest BCUT2D eigenvalue weighted by Crippen LogP contribution is -2.18. The van der Waals surface area contributed by atoms with E-state index in [1.165, 1.54) is 12.3 Å². The smallest absolute Gasteiger partial charge is 0.187 e. The first kappa shape index (κ1) is 14.7. The van der Waals surface area contributed by atoms with Crippen molar-refractivity contribution in [2.75, 3.05) is 6.54 Å². The summed E-state index contributed by atoms with van der Waals surface area (Å²) in [6, 6.07) is 16.4. The molecule has 0 aliphatic rings. The van der Waals surface area contributed by atoms with Gasteiger partial charge in [0.1, 0.15) is 0 Å². The Balaban J connectivity index is 1.84. The van der Waals surface area contributed by atoms with Crippen LogP contribution in [-0.4, -0.2) is 18.1 Å². The molecule has 106 valence electrons. The lowest BCUT2D eigenvalue weighted by atomic mass is 10.1. The van der Waals surface area contributed by atoms with Gasteiger partial charge in [-0.1, -0.05) is 60.2 Å². The van der Waals surface area contributed by atoms with Gasteiger partial charge in [-0.15, -0.1) is 0 Å². The summed E-state index contributed by atoms with van der Waals surface area (Å²) in [5.74, 6) is -0.0994. The Kier molecular flexibility index (Phi) is 5.04. The molecule has 2 aromatic carbocycles. The summed E-state index contributed by atoms with van der Waals surface area (Å²) in [5.41, 5.74) is 2.40. The van der Waals surface area contributed by atoms with E-state index < -0.39 is 0 Å². The third-order valence-corrected chi connectivity index (χ3v) is 3.05. The van der Waals surface area contributed by atoms with Crippen LogP contribution in [-0.2, 0) is 0 Å². The molecule has 2 aromatic rings. The summed E-state index contributed by atoms with van der Waals surface area (Å²) in [6.07, 6.45) is 2.95. The molecular weight excluding hydrogens is 262 g/mol. The lowest BCUT2D eigenvalue weighted by molar-refractivity contribution is 0.0992. The molecule has 0 amide bonds. The summed E-state index contributed by atoms with van der Waals surface area (Å²) in [6.45, 7) is 2.14. The monoisotopic (exact) mass is 279 g/mol. The number of benzene rings is 2. The highest BCUT2D eigenvalue weighted by Crippen LogP contribution is 2.04. The van der Waals surface area contributed by atoms with Gasteiger partial charge in [0, 0.05) is 23.4 Å². The first-order valence-corrected chi connectivity index (χ1v) is 6.76. The van der Waals surface area contributed by atoms with Crippen molar-refractivity contribution < 1.29 is 9.59 Å². The number of rotatable bonds is 6. The van der Waals surface area contributed by atoms with Gasteiger partial charge in [0.15, 0.2) is 11.6 Å².